The fraction of sp³-hybridized carbons (Fsp3) is 0.500. The molecule has 2 heterocycles. The lowest BCUT2D eigenvalue weighted by molar-refractivity contribution is -0.125. The largest absolute Gasteiger partial charge is 0.352 e. The first kappa shape index (κ1) is 17.7. The van der Waals surface area contributed by atoms with Gasteiger partial charge in [-0.1, -0.05) is 45.0 Å². The molecular weight excluding hydrogens is 312 g/mol. The van der Waals surface area contributed by atoms with Crippen molar-refractivity contribution in [2.45, 2.75) is 38.6 Å². The van der Waals surface area contributed by atoms with Gasteiger partial charge in [0.15, 0.2) is 0 Å². The van der Waals surface area contributed by atoms with Gasteiger partial charge in [-0.3, -0.25) is 9.48 Å². The lowest BCUT2D eigenvalue weighted by atomic mass is 9.86. The maximum atomic E-state index is 12.7. The van der Waals surface area contributed by atoms with Crippen molar-refractivity contribution in [1.82, 2.24) is 20.4 Å². The van der Waals surface area contributed by atoms with E-state index in [-0.39, 0.29) is 23.2 Å². The van der Waals surface area contributed by atoms with Gasteiger partial charge in [0.25, 0.3) is 0 Å². The van der Waals surface area contributed by atoms with Crippen molar-refractivity contribution >= 4 is 5.91 Å². The van der Waals surface area contributed by atoms with Crippen LogP contribution in [0.5, 0.6) is 0 Å². The molecule has 1 aliphatic rings. The summed E-state index contributed by atoms with van der Waals surface area (Å²) >= 11 is 0. The standard InChI is InChI=1S/C20H28N4O/c1-20(2,3)16-7-5-14(6-8-16)9-22-19(25)18-12-21-11-17(18)15-10-23-24(4)13-15/h5-8,10,13,17-18,21H,9,11-12H2,1-4H3,(H,22,25)/t17-,18+/m1/s1. The molecule has 2 aromatic rings. The highest BCUT2D eigenvalue weighted by Crippen LogP contribution is 2.28. The normalized spacial score (nSPS) is 20.6. The molecule has 1 amide bonds. The zero-order valence-electron chi connectivity index (χ0n) is 15.5. The van der Waals surface area contributed by atoms with Crippen LogP contribution in [-0.4, -0.2) is 28.8 Å². The minimum absolute atomic E-state index is 0.0435. The van der Waals surface area contributed by atoms with Crippen molar-refractivity contribution in [3.63, 3.8) is 0 Å². The summed E-state index contributed by atoms with van der Waals surface area (Å²) in [5, 5.41) is 10.7. The molecule has 134 valence electrons. The van der Waals surface area contributed by atoms with Crippen molar-refractivity contribution in [3.05, 3.63) is 53.3 Å². The molecule has 25 heavy (non-hydrogen) atoms. The second kappa shape index (κ2) is 7.00. The molecule has 0 spiro atoms. The van der Waals surface area contributed by atoms with Gasteiger partial charge >= 0.3 is 0 Å². The van der Waals surface area contributed by atoms with Crippen molar-refractivity contribution in [2.24, 2.45) is 13.0 Å². The Morgan fingerprint density at radius 2 is 2.00 bits per heavy atom. The monoisotopic (exact) mass is 340 g/mol. The van der Waals surface area contributed by atoms with E-state index in [1.54, 1.807) is 4.68 Å². The molecule has 1 aromatic carbocycles. The second-order valence-electron chi connectivity index (χ2n) is 7.98. The number of rotatable bonds is 4. The lowest BCUT2D eigenvalue weighted by Crippen LogP contribution is -2.34. The van der Waals surface area contributed by atoms with E-state index in [1.165, 1.54) is 5.56 Å². The Kier molecular flexibility index (Phi) is 4.95. The first-order valence-electron chi connectivity index (χ1n) is 8.91. The first-order valence-corrected chi connectivity index (χ1v) is 8.91. The zero-order valence-corrected chi connectivity index (χ0v) is 15.5. The highest BCUT2D eigenvalue weighted by Gasteiger charge is 2.34. The number of aromatic nitrogens is 2. The van der Waals surface area contributed by atoms with Crippen molar-refractivity contribution in [3.8, 4) is 0 Å². The van der Waals surface area contributed by atoms with Crippen LogP contribution < -0.4 is 10.6 Å². The third kappa shape index (κ3) is 4.10. The molecule has 0 radical (unpaired) electrons. The average Bonchev–Trinajstić information content (AvgIpc) is 3.20. The van der Waals surface area contributed by atoms with E-state index in [2.05, 4.69) is 60.8 Å². The number of nitrogens with one attached hydrogen (secondary N) is 2. The summed E-state index contributed by atoms with van der Waals surface area (Å²) in [7, 11) is 1.90. The summed E-state index contributed by atoms with van der Waals surface area (Å²) in [5.41, 5.74) is 3.71. The number of benzene rings is 1. The average molecular weight is 340 g/mol. The summed E-state index contributed by atoms with van der Waals surface area (Å²) in [6.45, 7) is 8.72. The zero-order chi connectivity index (χ0) is 18.0. The number of carbonyl (C=O) groups excluding carboxylic acids is 1. The predicted molar refractivity (Wildman–Crippen MR) is 99.3 cm³/mol. The topological polar surface area (TPSA) is 59.0 Å². The summed E-state index contributed by atoms with van der Waals surface area (Å²) in [6.07, 6.45) is 3.87. The molecule has 0 aliphatic carbocycles. The summed E-state index contributed by atoms with van der Waals surface area (Å²) in [5.74, 6) is 0.258. The highest BCUT2D eigenvalue weighted by atomic mass is 16.1. The van der Waals surface area contributed by atoms with Gasteiger partial charge in [0.2, 0.25) is 5.91 Å². The third-order valence-electron chi connectivity index (χ3n) is 4.99. The molecule has 5 nitrogen and oxygen atoms in total. The minimum atomic E-state index is -0.0435. The van der Waals surface area contributed by atoms with E-state index in [9.17, 15) is 4.79 Å². The van der Waals surface area contributed by atoms with Gasteiger partial charge in [0.1, 0.15) is 0 Å². The molecule has 0 unspecified atom stereocenters. The minimum Gasteiger partial charge on any atom is -0.352 e. The molecule has 1 aromatic heterocycles. The maximum absolute atomic E-state index is 12.7. The highest BCUT2D eigenvalue weighted by molar-refractivity contribution is 5.80. The fourth-order valence-electron chi connectivity index (χ4n) is 3.38. The fourth-order valence-corrected chi connectivity index (χ4v) is 3.38. The van der Waals surface area contributed by atoms with Gasteiger partial charge in [-0.2, -0.15) is 5.10 Å². The Morgan fingerprint density at radius 3 is 2.60 bits per heavy atom. The molecule has 1 aliphatic heterocycles. The molecular formula is C20H28N4O. The summed E-state index contributed by atoms with van der Waals surface area (Å²) in [6, 6.07) is 8.51. The van der Waals surface area contributed by atoms with E-state index >= 15 is 0 Å². The Balaban J connectivity index is 1.60. The number of nitrogens with zero attached hydrogens (tertiary/aromatic N) is 2. The smallest absolute Gasteiger partial charge is 0.225 e. The van der Waals surface area contributed by atoms with Crippen LogP contribution in [0.2, 0.25) is 0 Å². The number of hydrogen-bond acceptors (Lipinski definition) is 3. The molecule has 1 fully saturated rings. The van der Waals surface area contributed by atoms with Crippen LogP contribution in [-0.2, 0) is 23.8 Å². The maximum Gasteiger partial charge on any atom is 0.225 e. The van der Waals surface area contributed by atoms with Crippen molar-refractivity contribution in [2.75, 3.05) is 13.1 Å². The third-order valence-corrected chi connectivity index (χ3v) is 4.99. The van der Waals surface area contributed by atoms with E-state index in [4.69, 9.17) is 0 Å². The van der Waals surface area contributed by atoms with E-state index < -0.39 is 0 Å². The number of aryl methyl sites for hydroxylation is 1. The van der Waals surface area contributed by atoms with Crippen LogP contribution in [0.15, 0.2) is 36.7 Å². The summed E-state index contributed by atoms with van der Waals surface area (Å²) < 4.78 is 1.79. The van der Waals surface area contributed by atoms with Crippen LogP contribution in [0.3, 0.4) is 0 Å². The van der Waals surface area contributed by atoms with Crippen molar-refractivity contribution < 1.29 is 4.79 Å². The second-order valence-corrected chi connectivity index (χ2v) is 7.98. The molecule has 5 heteroatoms. The predicted octanol–water partition coefficient (Wildman–Crippen LogP) is 2.34. The molecule has 3 rings (SSSR count). The molecule has 1 saturated heterocycles. The van der Waals surface area contributed by atoms with Crippen LogP contribution in [0.4, 0.5) is 0 Å². The van der Waals surface area contributed by atoms with Gasteiger partial charge in [0.05, 0.1) is 12.1 Å². The van der Waals surface area contributed by atoms with Crippen molar-refractivity contribution in [1.29, 1.82) is 0 Å². The summed E-state index contributed by atoms with van der Waals surface area (Å²) in [4.78, 5) is 12.7. The van der Waals surface area contributed by atoms with Gasteiger partial charge in [0, 0.05) is 38.8 Å². The van der Waals surface area contributed by atoms with E-state index in [0.29, 0.717) is 13.1 Å². The number of hydrogen-bond donors (Lipinski definition) is 2. The van der Waals surface area contributed by atoms with Crippen LogP contribution in [0, 0.1) is 5.92 Å². The van der Waals surface area contributed by atoms with E-state index in [1.807, 2.05) is 19.4 Å². The molecule has 2 N–H and O–H groups in total. The van der Waals surface area contributed by atoms with Gasteiger partial charge in [-0.15, -0.1) is 0 Å². The Morgan fingerprint density at radius 1 is 1.28 bits per heavy atom. The van der Waals surface area contributed by atoms with Gasteiger partial charge < -0.3 is 10.6 Å². The Bertz CT molecular complexity index is 727. The number of amides is 1. The lowest BCUT2D eigenvalue weighted by Gasteiger charge is -2.20. The number of carbonyl (C=O) groups is 1. The van der Waals surface area contributed by atoms with E-state index in [0.717, 1.165) is 17.7 Å². The van der Waals surface area contributed by atoms with Gasteiger partial charge in [-0.05, 0) is 22.1 Å². The SMILES string of the molecule is Cn1cc([C@H]2CNC[C@@H]2C(=O)NCc2ccc(C(C)(C)C)cc2)cn1. The quantitative estimate of drug-likeness (QED) is 0.898. The van der Waals surface area contributed by atoms with Gasteiger partial charge in [-0.25, -0.2) is 0 Å². The first-order chi connectivity index (χ1) is 11.8. The molecule has 0 bridgehead atoms. The Hall–Kier alpha value is -2.14. The van der Waals surface area contributed by atoms with Crippen LogP contribution in [0.25, 0.3) is 0 Å². The Labute approximate surface area is 149 Å². The van der Waals surface area contributed by atoms with Crippen LogP contribution in [0.1, 0.15) is 43.4 Å². The molecule has 2 atom stereocenters. The van der Waals surface area contributed by atoms with Crippen LogP contribution >= 0.6 is 0 Å². The molecule has 0 saturated carbocycles.